The lowest BCUT2D eigenvalue weighted by atomic mass is 9.69. The van der Waals surface area contributed by atoms with Crippen LogP contribution in [0.25, 0.3) is 5.65 Å². The maximum atomic E-state index is 14.2. The third-order valence-electron chi connectivity index (χ3n) is 9.01. The molecule has 6 nitrogen and oxygen atoms in total. The molecule has 1 saturated carbocycles. The zero-order valence-electron chi connectivity index (χ0n) is 20.9. The molecule has 0 unspecified atom stereocenters. The lowest BCUT2D eigenvalue weighted by molar-refractivity contribution is -0.141. The van der Waals surface area contributed by atoms with E-state index in [2.05, 4.69) is 41.0 Å². The second-order valence-electron chi connectivity index (χ2n) is 11.0. The number of likely N-dealkylation sites (tertiary alicyclic amines) is 2. The molecule has 4 heterocycles. The van der Waals surface area contributed by atoms with E-state index in [4.69, 9.17) is 4.98 Å². The Labute approximate surface area is 206 Å². The van der Waals surface area contributed by atoms with Crippen molar-refractivity contribution in [3.63, 3.8) is 0 Å². The van der Waals surface area contributed by atoms with Crippen LogP contribution < -0.4 is 0 Å². The molecular formula is C29H34N4O2. The van der Waals surface area contributed by atoms with Gasteiger partial charge in [0.2, 0.25) is 5.91 Å². The number of aromatic nitrogens is 2. The molecule has 6 rings (SSSR count). The van der Waals surface area contributed by atoms with Crippen molar-refractivity contribution in [2.45, 2.75) is 83.5 Å². The fourth-order valence-corrected chi connectivity index (χ4v) is 7.48. The summed E-state index contributed by atoms with van der Waals surface area (Å²) < 4.78 is 2.00. The van der Waals surface area contributed by atoms with E-state index >= 15 is 0 Å². The summed E-state index contributed by atoms with van der Waals surface area (Å²) >= 11 is 0. The zero-order valence-corrected chi connectivity index (χ0v) is 20.9. The van der Waals surface area contributed by atoms with E-state index in [0.29, 0.717) is 5.69 Å². The summed E-state index contributed by atoms with van der Waals surface area (Å²) in [7, 11) is 0. The maximum Gasteiger partial charge on any atom is 0.274 e. The van der Waals surface area contributed by atoms with Crippen LogP contribution in [0.5, 0.6) is 0 Å². The van der Waals surface area contributed by atoms with Gasteiger partial charge in [0.1, 0.15) is 11.3 Å². The van der Waals surface area contributed by atoms with Crippen LogP contribution >= 0.6 is 0 Å². The van der Waals surface area contributed by atoms with Crippen LogP contribution in [0, 0.1) is 12.3 Å². The average Bonchev–Trinajstić information content (AvgIpc) is 3.34. The van der Waals surface area contributed by atoms with E-state index in [1.54, 1.807) is 6.92 Å². The number of imidazole rings is 1. The summed E-state index contributed by atoms with van der Waals surface area (Å²) in [6, 6.07) is 16.6. The normalized spacial score (nSPS) is 29.9. The topological polar surface area (TPSA) is 57.9 Å². The Kier molecular flexibility index (Phi) is 5.24. The van der Waals surface area contributed by atoms with Gasteiger partial charge in [0, 0.05) is 36.3 Å². The Morgan fingerprint density at radius 1 is 1.00 bits per heavy atom. The van der Waals surface area contributed by atoms with Gasteiger partial charge in [-0.1, -0.05) is 56.2 Å². The van der Waals surface area contributed by atoms with E-state index in [1.807, 2.05) is 41.8 Å². The molecule has 1 aromatic carbocycles. The van der Waals surface area contributed by atoms with Gasteiger partial charge in [0.05, 0.1) is 12.1 Å². The molecular weight excluding hydrogens is 436 g/mol. The van der Waals surface area contributed by atoms with Crippen LogP contribution in [0.4, 0.5) is 0 Å². The first kappa shape index (κ1) is 22.3. The van der Waals surface area contributed by atoms with Crippen molar-refractivity contribution in [3.05, 3.63) is 71.7 Å². The highest BCUT2D eigenvalue weighted by molar-refractivity contribution is 5.94. The Morgan fingerprint density at radius 2 is 1.71 bits per heavy atom. The molecule has 2 amide bonds. The Balaban J connectivity index is 1.46. The number of pyridine rings is 1. The molecule has 2 bridgehead atoms. The predicted molar refractivity (Wildman–Crippen MR) is 135 cm³/mol. The molecule has 5 atom stereocenters. The smallest absolute Gasteiger partial charge is 0.274 e. The summed E-state index contributed by atoms with van der Waals surface area (Å²) in [6.07, 6.45) is 7.79. The minimum atomic E-state index is -0.0925. The van der Waals surface area contributed by atoms with Crippen LogP contribution in [0.15, 0.2) is 54.7 Å². The number of hydrogen-bond acceptors (Lipinski definition) is 3. The van der Waals surface area contributed by atoms with Crippen molar-refractivity contribution in [2.24, 2.45) is 5.41 Å². The highest BCUT2D eigenvalue weighted by Crippen LogP contribution is 2.55. The second kappa shape index (κ2) is 8.21. The van der Waals surface area contributed by atoms with Crippen molar-refractivity contribution in [1.29, 1.82) is 0 Å². The summed E-state index contributed by atoms with van der Waals surface area (Å²) in [5, 5.41) is 0. The van der Waals surface area contributed by atoms with Crippen molar-refractivity contribution >= 4 is 17.5 Å². The van der Waals surface area contributed by atoms with Crippen molar-refractivity contribution in [2.75, 3.05) is 0 Å². The van der Waals surface area contributed by atoms with Gasteiger partial charge in [-0.2, -0.15) is 0 Å². The molecule has 6 heteroatoms. The summed E-state index contributed by atoms with van der Waals surface area (Å²) in [4.78, 5) is 36.5. The van der Waals surface area contributed by atoms with Crippen LogP contribution in [0.3, 0.4) is 0 Å². The lowest BCUT2D eigenvalue weighted by Crippen LogP contribution is -2.61. The summed E-state index contributed by atoms with van der Waals surface area (Å²) in [5.74, 6) is 0.140. The Bertz CT molecular complexity index is 1280. The molecule has 2 saturated heterocycles. The predicted octanol–water partition coefficient (Wildman–Crippen LogP) is 4.65. The number of fused-ring (bicyclic) bond motifs is 2. The molecule has 2 aliphatic heterocycles. The molecule has 35 heavy (non-hydrogen) atoms. The SMILES string of the molecule is CC(=O)N1[C@@H](Cc2ccccc2)[C@@H]2C[C@@]3(C)[C@H](CCCC[C@@H]13)N2C(=O)c1cn2c(C)cccc2n1. The van der Waals surface area contributed by atoms with Gasteiger partial charge in [-0.3, -0.25) is 9.59 Å². The molecule has 0 N–H and O–H groups in total. The summed E-state index contributed by atoms with van der Waals surface area (Å²) in [5.41, 5.74) is 3.48. The molecule has 3 fully saturated rings. The highest BCUT2D eigenvalue weighted by Gasteiger charge is 2.63. The van der Waals surface area contributed by atoms with Crippen molar-refractivity contribution in [1.82, 2.24) is 19.2 Å². The Morgan fingerprint density at radius 3 is 2.40 bits per heavy atom. The van der Waals surface area contributed by atoms with E-state index in [1.165, 1.54) is 5.56 Å². The highest BCUT2D eigenvalue weighted by atomic mass is 16.2. The van der Waals surface area contributed by atoms with Gasteiger partial charge >= 0.3 is 0 Å². The molecule has 182 valence electrons. The van der Waals surface area contributed by atoms with Crippen LogP contribution in [0.1, 0.15) is 67.7 Å². The second-order valence-corrected chi connectivity index (χ2v) is 11.0. The number of carbonyl (C=O) groups is 2. The van der Waals surface area contributed by atoms with E-state index in [-0.39, 0.29) is 41.4 Å². The number of carbonyl (C=O) groups excluding carboxylic acids is 2. The van der Waals surface area contributed by atoms with Gasteiger partial charge in [-0.05, 0) is 50.3 Å². The first-order valence-corrected chi connectivity index (χ1v) is 13.0. The molecule has 0 spiro atoms. The largest absolute Gasteiger partial charge is 0.334 e. The third-order valence-corrected chi connectivity index (χ3v) is 9.01. The molecule has 1 aliphatic carbocycles. The van der Waals surface area contributed by atoms with E-state index in [0.717, 1.165) is 49.9 Å². The molecule has 3 aromatic rings. The molecule has 3 aliphatic rings. The number of nitrogens with zero attached hydrogens (tertiary/aromatic N) is 4. The number of aryl methyl sites for hydroxylation is 1. The minimum absolute atomic E-state index is 0.0101. The van der Waals surface area contributed by atoms with Gasteiger partial charge in [0.15, 0.2) is 0 Å². The number of benzene rings is 1. The van der Waals surface area contributed by atoms with E-state index < -0.39 is 0 Å². The maximum absolute atomic E-state index is 14.2. The average molecular weight is 471 g/mol. The number of hydrogen-bond donors (Lipinski definition) is 0. The number of piperidine rings is 1. The first-order valence-electron chi connectivity index (χ1n) is 13.0. The zero-order chi connectivity index (χ0) is 24.3. The molecule has 2 aromatic heterocycles. The standard InChI is InChI=1S/C29H34N4O2/c1-19-10-9-15-27-30-22(18-31(19)27)28(35)33-24-17-29(3)25(13-7-8-14-26(29)33)32(20(2)34)23(24)16-21-11-5-4-6-12-21/h4-6,9-12,15,18,23-26H,7-8,13-14,16-17H2,1-3H3/t23-,24-,25+,26-,29+/m0/s1. The monoisotopic (exact) mass is 470 g/mol. The van der Waals surface area contributed by atoms with E-state index in [9.17, 15) is 9.59 Å². The molecule has 0 radical (unpaired) electrons. The van der Waals surface area contributed by atoms with Gasteiger partial charge in [-0.25, -0.2) is 4.98 Å². The lowest BCUT2D eigenvalue weighted by Gasteiger charge is -2.50. The van der Waals surface area contributed by atoms with Crippen LogP contribution in [-0.4, -0.2) is 55.2 Å². The summed E-state index contributed by atoms with van der Waals surface area (Å²) in [6.45, 7) is 6.07. The van der Waals surface area contributed by atoms with Crippen LogP contribution in [-0.2, 0) is 11.2 Å². The quantitative estimate of drug-likeness (QED) is 0.560. The van der Waals surface area contributed by atoms with Crippen molar-refractivity contribution in [3.8, 4) is 0 Å². The fraction of sp³-hybridized carbons (Fsp3) is 0.483. The number of rotatable bonds is 3. The van der Waals surface area contributed by atoms with Gasteiger partial charge < -0.3 is 14.2 Å². The first-order chi connectivity index (χ1) is 16.9. The fourth-order valence-electron chi connectivity index (χ4n) is 7.48. The third kappa shape index (κ3) is 3.40. The van der Waals surface area contributed by atoms with Gasteiger partial charge in [-0.15, -0.1) is 0 Å². The van der Waals surface area contributed by atoms with Crippen molar-refractivity contribution < 1.29 is 9.59 Å². The number of amides is 2. The minimum Gasteiger partial charge on any atom is -0.334 e. The Hall–Kier alpha value is -3.15. The van der Waals surface area contributed by atoms with Crippen LogP contribution in [0.2, 0.25) is 0 Å². The van der Waals surface area contributed by atoms with Gasteiger partial charge in [0.25, 0.3) is 5.91 Å².